The first-order valence-electron chi connectivity index (χ1n) is 7.54. The third kappa shape index (κ3) is 3.93. The second-order valence-corrected chi connectivity index (χ2v) is 5.80. The zero-order valence-electron chi connectivity index (χ0n) is 13.2. The number of halogens is 2. The van der Waals surface area contributed by atoms with Crippen LogP contribution in [0.4, 0.5) is 10.1 Å². The van der Waals surface area contributed by atoms with Crippen LogP contribution < -0.4 is 4.90 Å². The number of esters is 1. The van der Waals surface area contributed by atoms with Gasteiger partial charge in [-0.25, -0.2) is 4.39 Å². The molecule has 1 atom stereocenters. The number of ether oxygens (including phenoxy) is 1. The summed E-state index contributed by atoms with van der Waals surface area (Å²) in [6.07, 6.45) is 0.412. The maximum Gasteiger partial charge on any atom is 0.318 e. The maximum atomic E-state index is 13.1. The summed E-state index contributed by atoms with van der Waals surface area (Å²) in [4.78, 5) is 27.7. The summed E-state index contributed by atoms with van der Waals surface area (Å²) in [6.45, 7) is 3.91. The highest BCUT2D eigenvalue weighted by Crippen LogP contribution is 2.27. The van der Waals surface area contributed by atoms with Gasteiger partial charge < -0.3 is 14.5 Å². The highest BCUT2D eigenvalue weighted by Gasteiger charge is 2.32. The minimum Gasteiger partial charge on any atom is -0.468 e. The van der Waals surface area contributed by atoms with Gasteiger partial charge in [0.2, 0.25) is 5.91 Å². The van der Waals surface area contributed by atoms with Gasteiger partial charge in [-0.2, -0.15) is 0 Å². The monoisotopic (exact) mass is 342 g/mol. The van der Waals surface area contributed by atoms with E-state index in [9.17, 15) is 14.0 Å². The fourth-order valence-corrected chi connectivity index (χ4v) is 3.00. The van der Waals surface area contributed by atoms with E-state index in [0.717, 1.165) is 5.69 Å². The normalized spacial score (nSPS) is 16.2. The van der Waals surface area contributed by atoms with E-state index in [2.05, 4.69) is 4.74 Å². The quantitative estimate of drug-likeness (QED) is 0.622. The number of hydrogen-bond donors (Lipinski definition) is 0. The standard InChI is InChI=1S/C16H20ClFN2O3/c1-3-12(16(22)23-2)15(21)20-8-6-19(7-9-20)14-5-4-11(18)10-13(14)17/h4-5,10,12H,3,6-9H2,1-2H3. The van der Waals surface area contributed by atoms with Crippen LogP contribution in [0.2, 0.25) is 5.02 Å². The predicted molar refractivity (Wildman–Crippen MR) is 86.0 cm³/mol. The lowest BCUT2D eigenvalue weighted by Crippen LogP contribution is -2.51. The zero-order chi connectivity index (χ0) is 17.0. The van der Waals surface area contributed by atoms with Crippen LogP contribution in [-0.4, -0.2) is 50.1 Å². The number of carbonyl (C=O) groups excluding carboxylic acids is 2. The Morgan fingerprint density at radius 1 is 1.30 bits per heavy atom. The fourth-order valence-electron chi connectivity index (χ4n) is 2.71. The Morgan fingerprint density at radius 2 is 1.96 bits per heavy atom. The zero-order valence-corrected chi connectivity index (χ0v) is 14.0. The summed E-state index contributed by atoms with van der Waals surface area (Å²) in [5.74, 6) is -1.83. The molecule has 0 N–H and O–H groups in total. The van der Waals surface area contributed by atoms with Gasteiger partial charge in [-0.1, -0.05) is 18.5 Å². The van der Waals surface area contributed by atoms with Crippen LogP contribution in [0.3, 0.4) is 0 Å². The highest BCUT2D eigenvalue weighted by atomic mass is 35.5. The third-order valence-corrected chi connectivity index (χ3v) is 4.34. The highest BCUT2D eigenvalue weighted by molar-refractivity contribution is 6.33. The smallest absolute Gasteiger partial charge is 0.318 e. The van der Waals surface area contributed by atoms with Gasteiger partial charge >= 0.3 is 5.97 Å². The number of nitrogens with zero attached hydrogens (tertiary/aromatic N) is 2. The summed E-state index contributed by atoms with van der Waals surface area (Å²) in [5, 5.41) is 0.353. The van der Waals surface area contributed by atoms with Gasteiger partial charge in [0, 0.05) is 26.2 Å². The Bertz CT molecular complexity index is 589. The summed E-state index contributed by atoms with van der Waals surface area (Å²) < 4.78 is 17.8. The van der Waals surface area contributed by atoms with E-state index in [4.69, 9.17) is 11.6 Å². The number of carbonyl (C=O) groups is 2. The van der Waals surface area contributed by atoms with Gasteiger partial charge in [0.25, 0.3) is 0 Å². The SMILES string of the molecule is CCC(C(=O)OC)C(=O)N1CCN(c2ccc(F)cc2Cl)CC1. The molecule has 2 rings (SSSR count). The van der Waals surface area contributed by atoms with E-state index < -0.39 is 11.9 Å². The van der Waals surface area contributed by atoms with Gasteiger partial charge in [-0.15, -0.1) is 0 Å². The number of hydrogen-bond acceptors (Lipinski definition) is 4. The van der Waals surface area contributed by atoms with Crippen molar-refractivity contribution < 1.29 is 18.7 Å². The number of piperazine rings is 1. The number of anilines is 1. The molecule has 1 heterocycles. The lowest BCUT2D eigenvalue weighted by molar-refractivity contribution is -0.154. The van der Waals surface area contributed by atoms with Crippen LogP contribution in [0.5, 0.6) is 0 Å². The third-order valence-electron chi connectivity index (χ3n) is 4.03. The van der Waals surface area contributed by atoms with Crippen molar-refractivity contribution in [2.75, 3.05) is 38.2 Å². The van der Waals surface area contributed by atoms with E-state index in [-0.39, 0.29) is 11.7 Å². The number of benzene rings is 1. The molecule has 1 aliphatic heterocycles. The van der Waals surface area contributed by atoms with Gasteiger partial charge in [0.1, 0.15) is 11.7 Å². The van der Waals surface area contributed by atoms with Crippen molar-refractivity contribution in [2.24, 2.45) is 5.92 Å². The van der Waals surface area contributed by atoms with Crippen LogP contribution in [0.1, 0.15) is 13.3 Å². The van der Waals surface area contributed by atoms with Gasteiger partial charge in [0.05, 0.1) is 17.8 Å². The first-order valence-corrected chi connectivity index (χ1v) is 7.92. The Hall–Kier alpha value is -1.82. The second kappa shape index (κ2) is 7.64. The molecule has 0 radical (unpaired) electrons. The van der Waals surface area contributed by atoms with Crippen molar-refractivity contribution in [3.8, 4) is 0 Å². The van der Waals surface area contributed by atoms with E-state index in [0.29, 0.717) is 37.6 Å². The molecule has 1 unspecified atom stereocenters. The van der Waals surface area contributed by atoms with Crippen LogP contribution in [0, 0.1) is 11.7 Å². The molecule has 7 heteroatoms. The molecule has 0 aliphatic carbocycles. The molecule has 0 bridgehead atoms. The van der Waals surface area contributed by atoms with Crippen LogP contribution in [0.15, 0.2) is 18.2 Å². The van der Waals surface area contributed by atoms with Gasteiger partial charge in [-0.3, -0.25) is 9.59 Å². The summed E-state index contributed by atoms with van der Waals surface area (Å²) >= 11 is 6.07. The number of methoxy groups -OCH3 is 1. The largest absolute Gasteiger partial charge is 0.468 e. The molecule has 1 fully saturated rings. The maximum absolute atomic E-state index is 13.1. The van der Waals surface area contributed by atoms with E-state index in [1.165, 1.54) is 19.2 Å². The van der Waals surface area contributed by atoms with Crippen molar-refractivity contribution >= 4 is 29.2 Å². The van der Waals surface area contributed by atoms with Crippen LogP contribution >= 0.6 is 11.6 Å². The fraction of sp³-hybridized carbons (Fsp3) is 0.500. The van der Waals surface area contributed by atoms with E-state index >= 15 is 0 Å². The summed E-state index contributed by atoms with van der Waals surface area (Å²) in [6, 6.07) is 4.28. The minimum atomic E-state index is -0.749. The summed E-state index contributed by atoms with van der Waals surface area (Å²) in [7, 11) is 1.28. The lowest BCUT2D eigenvalue weighted by Gasteiger charge is -2.37. The molecule has 1 aromatic rings. The van der Waals surface area contributed by atoms with Gasteiger partial charge in [0.15, 0.2) is 0 Å². The molecule has 0 spiro atoms. The molecule has 5 nitrogen and oxygen atoms in total. The Kier molecular flexibility index (Phi) is 5.82. The molecular formula is C16H20ClFN2O3. The molecule has 0 saturated carbocycles. The van der Waals surface area contributed by atoms with Crippen molar-refractivity contribution in [1.82, 2.24) is 4.90 Å². The van der Waals surface area contributed by atoms with Crippen LogP contribution in [0.25, 0.3) is 0 Å². The molecule has 1 aromatic carbocycles. The Labute approximate surface area is 140 Å². The molecule has 0 aromatic heterocycles. The average Bonchev–Trinajstić information content (AvgIpc) is 2.55. The molecule has 1 amide bonds. The van der Waals surface area contributed by atoms with Crippen LogP contribution in [-0.2, 0) is 14.3 Å². The summed E-state index contributed by atoms with van der Waals surface area (Å²) in [5.41, 5.74) is 0.750. The Morgan fingerprint density at radius 3 is 2.48 bits per heavy atom. The molecule has 1 saturated heterocycles. The van der Waals surface area contributed by atoms with E-state index in [1.807, 2.05) is 4.90 Å². The molecule has 1 aliphatic rings. The van der Waals surface area contributed by atoms with Crippen molar-refractivity contribution in [2.45, 2.75) is 13.3 Å². The van der Waals surface area contributed by atoms with Crippen molar-refractivity contribution in [3.05, 3.63) is 29.0 Å². The Balaban J connectivity index is 2.00. The molecule has 126 valence electrons. The number of rotatable bonds is 4. The van der Waals surface area contributed by atoms with E-state index in [1.54, 1.807) is 17.9 Å². The second-order valence-electron chi connectivity index (χ2n) is 5.39. The predicted octanol–water partition coefficient (Wildman–Crippen LogP) is 2.33. The average molecular weight is 343 g/mol. The number of amides is 1. The van der Waals surface area contributed by atoms with Crippen molar-refractivity contribution in [1.29, 1.82) is 0 Å². The first-order chi connectivity index (χ1) is 11.0. The van der Waals surface area contributed by atoms with Gasteiger partial charge in [-0.05, 0) is 24.6 Å². The lowest BCUT2D eigenvalue weighted by atomic mass is 10.0. The molecular weight excluding hydrogens is 323 g/mol. The molecule has 23 heavy (non-hydrogen) atoms. The minimum absolute atomic E-state index is 0.204. The first kappa shape index (κ1) is 17.5. The van der Waals surface area contributed by atoms with Crippen molar-refractivity contribution in [3.63, 3.8) is 0 Å². The topological polar surface area (TPSA) is 49.9 Å².